The van der Waals surface area contributed by atoms with E-state index in [1.54, 1.807) is 0 Å². The molecule has 94 valence electrons. The third-order valence-electron chi connectivity index (χ3n) is 1.24. The molecule has 1 aliphatic carbocycles. The molecule has 0 bridgehead atoms. The minimum atomic E-state index is 0. The fourth-order valence-corrected chi connectivity index (χ4v) is 0.786. The van der Waals surface area contributed by atoms with E-state index in [-0.39, 0.29) is 21.1 Å². The van der Waals surface area contributed by atoms with Crippen LogP contribution in [0.3, 0.4) is 0 Å². The smallest absolute Gasteiger partial charge is 0 e. The first-order valence-corrected chi connectivity index (χ1v) is 5.61. The first-order chi connectivity index (χ1) is 6.83. The molecule has 0 nitrogen and oxygen atoms in total. The Bertz CT molecular complexity index is 97.3. The van der Waals surface area contributed by atoms with Crippen LogP contribution in [0.2, 0.25) is 0 Å². The molecule has 0 spiro atoms. The summed E-state index contributed by atoms with van der Waals surface area (Å²) in [6.45, 7) is 11.0. The van der Waals surface area contributed by atoms with Crippen molar-refractivity contribution in [2.24, 2.45) is 0 Å². The summed E-state index contributed by atoms with van der Waals surface area (Å²) < 4.78 is 0. The average molecular weight is 388 g/mol. The minimum Gasteiger partial charge on any atom is -0.500 e. The van der Waals surface area contributed by atoms with E-state index in [0.29, 0.717) is 0 Å². The second-order valence-corrected chi connectivity index (χ2v) is 3.00. The quantitative estimate of drug-likeness (QED) is 0.408. The Hall–Kier alpha value is 0.168. The van der Waals surface area contributed by atoms with Crippen LogP contribution in [-0.2, 0) is 21.1 Å². The number of rotatable bonds is 0. The van der Waals surface area contributed by atoms with E-state index in [2.05, 4.69) is 38.2 Å². The van der Waals surface area contributed by atoms with Gasteiger partial charge in [0.25, 0.3) is 0 Å². The van der Waals surface area contributed by atoms with Crippen LogP contribution < -0.4 is 0 Å². The summed E-state index contributed by atoms with van der Waals surface area (Å²) in [5.41, 5.74) is 0. The standard InChI is InChI=1S/C8H11.2C3H7.Pt/c1-2-4-6-8-7-5-3-1;2*1-3-2;/h1-2,7H,3-6H2;2*1,3H2,2H3;/q3*-1;. The summed E-state index contributed by atoms with van der Waals surface area (Å²) in [6, 6.07) is 0. The zero-order valence-corrected chi connectivity index (χ0v) is 12.5. The maximum absolute atomic E-state index is 3.49. The molecule has 0 radical (unpaired) electrons. The molecule has 0 aromatic carbocycles. The van der Waals surface area contributed by atoms with Crippen molar-refractivity contribution >= 4 is 0 Å². The van der Waals surface area contributed by atoms with Gasteiger partial charge in [0.05, 0.1) is 0 Å². The molecular weight excluding hydrogens is 363 g/mol. The normalized spacial score (nSPS) is 13.1. The van der Waals surface area contributed by atoms with E-state index >= 15 is 0 Å². The van der Waals surface area contributed by atoms with Gasteiger partial charge in [0, 0.05) is 21.1 Å². The van der Waals surface area contributed by atoms with Crippen molar-refractivity contribution in [3.05, 3.63) is 38.2 Å². The third-order valence-corrected chi connectivity index (χ3v) is 1.24. The van der Waals surface area contributed by atoms with Crippen molar-refractivity contribution in [1.29, 1.82) is 0 Å². The van der Waals surface area contributed by atoms with Crippen LogP contribution in [0.4, 0.5) is 0 Å². The van der Waals surface area contributed by atoms with Crippen molar-refractivity contribution in [2.45, 2.75) is 52.4 Å². The molecule has 0 aromatic heterocycles. The Kier molecular flexibility index (Phi) is 32.6. The summed E-state index contributed by atoms with van der Waals surface area (Å²) >= 11 is 0. The molecule has 1 aliphatic rings. The van der Waals surface area contributed by atoms with Crippen molar-refractivity contribution in [3.8, 4) is 0 Å². The van der Waals surface area contributed by atoms with Crippen molar-refractivity contribution in [1.82, 2.24) is 0 Å². The summed E-state index contributed by atoms with van der Waals surface area (Å²) in [6.07, 6.45) is 16.5. The molecule has 0 N–H and O–H groups in total. The molecule has 0 saturated heterocycles. The molecule has 0 aromatic rings. The van der Waals surface area contributed by atoms with Crippen molar-refractivity contribution < 1.29 is 21.1 Å². The maximum Gasteiger partial charge on any atom is 0 e. The van der Waals surface area contributed by atoms with Gasteiger partial charge in [0.1, 0.15) is 0 Å². The summed E-state index contributed by atoms with van der Waals surface area (Å²) in [5.74, 6) is 0. The molecular formula is C14H25Pt-3. The Morgan fingerprint density at radius 3 is 2.00 bits per heavy atom. The van der Waals surface area contributed by atoms with E-state index in [0.717, 1.165) is 19.3 Å². The van der Waals surface area contributed by atoms with Crippen LogP contribution in [-0.4, -0.2) is 0 Å². The molecule has 15 heavy (non-hydrogen) atoms. The molecule has 1 rings (SSSR count). The van der Waals surface area contributed by atoms with Gasteiger partial charge < -0.3 is 19.9 Å². The van der Waals surface area contributed by atoms with Crippen LogP contribution in [0.15, 0.2) is 18.2 Å². The van der Waals surface area contributed by atoms with E-state index < -0.39 is 0 Å². The Morgan fingerprint density at radius 1 is 1.00 bits per heavy atom. The topological polar surface area (TPSA) is 0 Å². The van der Waals surface area contributed by atoms with Gasteiger partial charge in [0.15, 0.2) is 0 Å². The van der Waals surface area contributed by atoms with Gasteiger partial charge in [-0.1, -0.05) is 38.8 Å². The average Bonchev–Trinajstić information content (AvgIpc) is 2.04. The van der Waals surface area contributed by atoms with Crippen LogP contribution in [0.25, 0.3) is 0 Å². The van der Waals surface area contributed by atoms with Gasteiger partial charge >= 0.3 is 0 Å². The van der Waals surface area contributed by atoms with Gasteiger partial charge in [-0.15, -0.1) is 0 Å². The Labute approximate surface area is 111 Å². The Balaban J connectivity index is -0.000000177. The molecule has 0 unspecified atom stereocenters. The van der Waals surface area contributed by atoms with E-state index in [1.807, 2.05) is 13.8 Å². The summed E-state index contributed by atoms with van der Waals surface area (Å²) in [7, 11) is 0. The summed E-state index contributed by atoms with van der Waals surface area (Å²) in [4.78, 5) is 0. The predicted octanol–water partition coefficient (Wildman–Crippen LogP) is 4.93. The Morgan fingerprint density at radius 2 is 1.47 bits per heavy atom. The zero-order valence-electron chi connectivity index (χ0n) is 10.2. The van der Waals surface area contributed by atoms with Crippen LogP contribution in [0, 0.1) is 19.9 Å². The molecule has 1 heteroatoms. The first-order valence-electron chi connectivity index (χ1n) is 5.61. The van der Waals surface area contributed by atoms with Crippen LogP contribution in [0.5, 0.6) is 0 Å². The zero-order chi connectivity index (χ0) is 11.1. The number of hydrogen-bond acceptors (Lipinski definition) is 0. The van der Waals surface area contributed by atoms with Gasteiger partial charge in [-0.05, 0) is 6.42 Å². The molecule has 0 amide bonds. The van der Waals surface area contributed by atoms with Gasteiger partial charge in [0.2, 0.25) is 0 Å². The number of allylic oxidation sites excluding steroid dienone is 4. The monoisotopic (exact) mass is 388 g/mol. The minimum absolute atomic E-state index is 0. The molecule has 0 aliphatic heterocycles. The van der Waals surface area contributed by atoms with Crippen molar-refractivity contribution in [3.63, 3.8) is 0 Å². The number of hydrogen-bond donors (Lipinski definition) is 0. The molecule has 0 heterocycles. The largest absolute Gasteiger partial charge is 0.500 e. The van der Waals surface area contributed by atoms with Crippen LogP contribution in [0.1, 0.15) is 52.4 Å². The summed E-state index contributed by atoms with van der Waals surface area (Å²) in [5, 5.41) is 0. The molecule has 0 fully saturated rings. The SMILES string of the molecule is [C-]1=CCCC=CCC1.[CH2-]CC.[CH2-]CC.[Pt]. The van der Waals surface area contributed by atoms with Gasteiger partial charge in [-0.25, -0.2) is 0 Å². The predicted molar refractivity (Wildman–Crippen MR) is 66.7 cm³/mol. The van der Waals surface area contributed by atoms with Gasteiger partial charge in [-0.2, -0.15) is 19.3 Å². The fourth-order valence-electron chi connectivity index (χ4n) is 0.786. The fraction of sp³-hybridized carbons (Fsp3) is 0.571. The third kappa shape index (κ3) is 31.4. The van der Waals surface area contributed by atoms with Gasteiger partial charge in [-0.3, -0.25) is 6.08 Å². The van der Waals surface area contributed by atoms with Crippen LogP contribution >= 0.6 is 0 Å². The maximum atomic E-state index is 3.49. The van der Waals surface area contributed by atoms with Crippen molar-refractivity contribution in [2.75, 3.05) is 0 Å². The second kappa shape index (κ2) is 23.8. The molecule has 0 saturated carbocycles. The van der Waals surface area contributed by atoms with E-state index in [9.17, 15) is 0 Å². The second-order valence-electron chi connectivity index (χ2n) is 3.00. The molecule has 0 atom stereocenters. The van der Waals surface area contributed by atoms with E-state index in [1.165, 1.54) is 19.3 Å². The first kappa shape index (κ1) is 20.6. The van der Waals surface area contributed by atoms with E-state index in [4.69, 9.17) is 0 Å².